The van der Waals surface area contributed by atoms with Crippen LogP contribution >= 0.6 is 0 Å². The smallest absolute Gasteiger partial charge is 0.226 e. The topological polar surface area (TPSA) is 70.9 Å². The van der Waals surface area contributed by atoms with Gasteiger partial charge in [0.1, 0.15) is 5.76 Å². The standard InChI is InChI=1S/C28H25N3O2/c1-19-26(31-28(33-19)21-12-6-3-7-13-21)16-27(32)30-17-23(20-10-4-2-5-11-20)24-18-29-25-15-9-8-14-22(24)25/h2-15,18,23,29H,16-17H2,1H3,(H,30,32)/t23-/m0/s1. The van der Waals surface area contributed by atoms with E-state index in [9.17, 15) is 4.79 Å². The van der Waals surface area contributed by atoms with Crippen molar-refractivity contribution >= 4 is 16.8 Å². The molecule has 1 atom stereocenters. The number of oxazole rings is 1. The number of hydrogen-bond acceptors (Lipinski definition) is 3. The number of rotatable bonds is 7. The summed E-state index contributed by atoms with van der Waals surface area (Å²) < 4.78 is 5.81. The molecule has 5 heteroatoms. The average molecular weight is 436 g/mol. The minimum Gasteiger partial charge on any atom is -0.441 e. The van der Waals surface area contributed by atoms with Crippen molar-refractivity contribution in [1.29, 1.82) is 0 Å². The Morgan fingerprint density at radius 2 is 1.67 bits per heavy atom. The summed E-state index contributed by atoms with van der Waals surface area (Å²) in [6.45, 7) is 2.34. The van der Waals surface area contributed by atoms with Crippen LogP contribution in [0.4, 0.5) is 0 Å². The van der Waals surface area contributed by atoms with Crippen molar-refractivity contribution in [2.45, 2.75) is 19.3 Å². The Morgan fingerprint density at radius 3 is 2.45 bits per heavy atom. The molecule has 0 saturated heterocycles. The Morgan fingerprint density at radius 1 is 0.970 bits per heavy atom. The summed E-state index contributed by atoms with van der Waals surface area (Å²) >= 11 is 0. The van der Waals surface area contributed by atoms with Gasteiger partial charge in [-0.3, -0.25) is 4.79 Å². The maximum absolute atomic E-state index is 12.9. The number of aryl methyl sites for hydroxylation is 1. The zero-order valence-electron chi connectivity index (χ0n) is 18.4. The van der Waals surface area contributed by atoms with E-state index in [1.165, 1.54) is 10.9 Å². The van der Waals surface area contributed by atoms with E-state index in [0.29, 0.717) is 23.9 Å². The van der Waals surface area contributed by atoms with E-state index in [4.69, 9.17) is 4.42 Å². The van der Waals surface area contributed by atoms with E-state index < -0.39 is 0 Å². The van der Waals surface area contributed by atoms with E-state index >= 15 is 0 Å². The lowest BCUT2D eigenvalue weighted by Gasteiger charge is -2.18. The third-order valence-corrected chi connectivity index (χ3v) is 5.94. The third kappa shape index (κ3) is 4.44. The highest BCUT2D eigenvalue weighted by molar-refractivity contribution is 5.84. The van der Waals surface area contributed by atoms with Crippen LogP contribution in [0.15, 0.2) is 95.5 Å². The second-order valence-electron chi connectivity index (χ2n) is 8.12. The summed E-state index contributed by atoms with van der Waals surface area (Å²) in [6, 6.07) is 28.2. The minimum absolute atomic E-state index is 0.0320. The Kier molecular flexibility index (Phi) is 5.77. The number of para-hydroxylation sites is 1. The summed E-state index contributed by atoms with van der Waals surface area (Å²) in [4.78, 5) is 20.8. The van der Waals surface area contributed by atoms with Gasteiger partial charge in [0.05, 0.1) is 12.1 Å². The lowest BCUT2D eigenvalue weighted by Crippen LogP contribution is -2.30. The van der Waals surface area contributed by atoms with Gasteiger partial charge in [0.2, 0.25) is 11.8 Å². The molecule has 2 aromatic heterocycles. The van der Waals surface area contributed by atoms with Gasteiger partial charge in [0.25, 0.3) is 0 Å². The van der Waals surface area contributed by atoms with E-state index in [2.05, 4.69) is 39.6 Å². The van der Waals surface area contributed by atoms with Gasteiger partial charge < -0.3 is 14.7 Å². The fourth-order valence-corrected chi connectivity index (χ4v) is 4.20. The molecule has 0 radical (unpaired) electrons. The molecule has 5 rings (SSSR count). The predicted molar refractivity (Wildman–Crippen MR) is 130 cm³/mol. The summed E-state index contributed by atoms with van der Waals surface area (Å²) in [5.74, 6) is 1.16. The lowest BCUT2D eigenvalue weighted by atomic mass is 9.91. The molecule has 0 fully saturated rings. The van der Waals surface area contributed by atoms with Crippen LogP contribution in [0.1, 0.15) is 28.5 Å². The van der Waals surface area contributed by atoms with Gasteiger partial charge in [0.15, 0.2) is 0 Å². The molecule has 0 bridgehead atoms. The largest absolute Gasteiger partial charge is 0.441 e. The lowest BCUT2D eigenvalue weighted by molar-refractivity contribution is -0.120. The fraction of sp³-hybridized carbons (Fsp3) is 0.143. The molecule has 0 unspecified atom stereocenters. The van der Waals surface area contributed by atoms with Crippen molar-refractivity contribution in [2.75, 3.05) is 6.54 Å². The molecule has 0 saturated carbocycles. The van der Waals surface area contributed by atoms with Crippen molar-refractivity contribution < 1.29 is 9.21 Å². The number of fused-ring (bicyclic) bond motifs is 1. The first-order chi connectivity index (χ1) is 16.2. The first-order valence-corrected chi connectivity index (χ1v) is 11.1. The third-order valence-electron chi connectivity index (χ3n) is 5.94. The number of carbonyl (C=O) groups excluding carboxylic acids is 1. The van der Waals surface area contributed by atoms with Gasteiger partial charge in [-0.25, -0.2) is 4.98 Å². The van der Waals surface area contributed by atoms with Gasteiger partial charge in [-0.15, -0.1) is 0 Å². The van der Waals surface area contributed by atoms with Crippen LogP contribution in [-0.2, 0) is 11.2 Å². The van der Waals surface area contributed by atoms with Gasteiger partial charge in [0, 0.05) is 35.1 Å². The van der Waals surface area contributed by atoms with Crippen molar-refractivity contribution in [3.05, 3.63) is 114 Å². The van der Waals surface area contributed by atoms with Gasteiger partial charge in [-0.05, 0) is 36.2 Å². The maximum atomic E-state index is 12.9. The number of H-pyrrole nitrogens is 1. The minimum atomic E-state index is -0.0771. The Balaban J connectivity index is 1.34. The number of aromatic amines is 1. The second kappa shape index (κ2) is 9.17. The van der Waals surface area contributed by atoms with E-state index in [0.717, 1.165) is 16.6 Å². The van der Waals surface area contributed by atoms with E-state index in [1.807, 2.05) is 73.8 Å². The summed E-state index contributed by atoms with van der Waals surface area (Å²) in [7, 11) is 0. The first kappa shape index (κ1) is 20.8. The SMILES string of the molecule is Cc1oc(-c2ccccc2)nc1CC(=O)NC[C@@H](c1ccccc1)c1c[nH]c2ccccc12. The van der Waals surface area contributed by atoms with Crippen LogP contribution in [-0.4, -0.2) is 22.4 Å². The predicted octanol–water partition coefficient (Wildman–Crippen LogP) is 5.62. The normalized spacial score (nSPS) is 12.0. The van der Waals surface area contributed by atoms with Crippen LogP contribution in [0.25, 0.3) is 22.4 Å². The van der Waals surface area contributed by atoms with E-state index in [-0.39, 0.29) is 18.2 Å². The quantitative estimate of drug-likeness (QED) is 0.348. The first-order valence-electron chi connectivity index (χ1n) is 11.1. The van der Waals surface area contributed by atoms with Crippen molar-refractivity contribution in [1.82, 2.24) is 15.3 Å². The molecule has 0 aliphatic heterocycles. The van der Waals surface area contributed by atoms with E-state index in [1.54, 1.807) is 0 Å². The number of carbonyl (C=O) groups is 1. The number of nitrogens with one attached hydrogen (secondary N) is 2. The number of nitrogens with zero attached hydrogens (tertiary/aromatic N) is 1. The highest BCUT2D eigenvalue weighted by Crippen LogP contribution is 2.30. The van der Waals surface area contributed by atoms with Crippen LogP contribution in [0.2, 0.25) is 0 Å². The van der Waals surface area contributed by atoms with Crippen LogP contribution in [0.3, 0.4) is 0 Å². The molecule has 0 spiro atoms. The molecular formula is C28H25N3O2. The molecule has 0 aliphatic rings. The molecule has 3 aromatic carbocycles. The summed E-state index contributed by atoms with van der Waals surface area (Å²) in [5.41, 5.74) is 4.98. The van der Waals surface area contributed by atoms with Gasteiger partial charge in [-0.1, -0.05) is 66.7 Å². The monoisotopic (exact) mass is 435 g/mol. The molecular weight excluding hydrogens is 410 g/mol. The Bertz CT molecular complexity index is 1370. The van der Waals surface area contributed by atoms with Crippen molar-refractivity contribution in [3.8, 4) is 11.5 Å². The molecule has 2 N–H and O–H groups in total. The molecule has 5 aromatic rings. The molecule has 164 valence electrons. The fourth-order valence-electron chi connectivity index (χ4n) is 4.20. The second-order valence-corrected chi connectivity index (χ2v) is 8.12. The molecule has 1 amide bonds. The zero-order valence-corrected chi connectivity index (χ0v) is 18.4. The van der Waals surface area contributed by atoms with Crippen molar-refractivity contribution in [2.24, 2.45) is 0 Å². The molecule has 5 nitrogen and oxygen atoms in total. The molecule has 2 heterocycles. The van der Waals surface area contributed by atoms with Gasteiger partial charge >= 0.3 is 0 Å². The van der Waals surface area contributed by atoms with Crippen LogP contribution in [0.5, 0.6) is 0 Å². The summed E-state index contributed by atoms with van der Waals surface area (Å²) in [6.07, 6.45) is 2.22. The highest BCUT2D eigenvalue weighted by Gasteiger charge is 2.20. The maximum Gasteiger partial charge on any atom is 0.226 e. The van der Waals surface area contributed by atoms with Crippen molar-refractivity contribution in [3.63, 3.8) is 0 Å². The number of aromatic nitrogens is 2. The number of amides is 1. The number of hydrogen-bond donors (Lipinski definition) is 2. The van der Waals surface area contributed by atoms with Crippen LogP contribution in [0, 0.1) is 6.92 Å². The zero-order chi connectivity index (χ0) is 22.6. The molecule has 33 heavy (non-hydrogen) atoms. The Hall–Kier alpha value is -4.12. The highest BCUT2D eigenvalue weighted by atomic mass is 16.4. The van der Waals surface area contributed by atoms with Gasteiger partial charge in [-0.2, -0.15) is 0 Å². The Labute approximate surface area is 192 Å². The summed E-state index contributed by atoms with van der Waals surface area (Å²) in [5, 5.41) is 4.29. The number of benzene rings is 3. The molecule has 0 aliphatic carbocycles. The van der Waals surface area contributed by atoms with Crippen LogP contribution < -0.4 is 5.32 Å². The average Bonchev–Trinajstić information content (AvgIpc) is 3.44.